The molecule has 1 fully saturated rings. The Morgan fingerprint density at radius 1 is 1.07 bits per heavy atom. The Hall–Kier alpha value is -3.01. The van der Waals surface area contributed by atoms with Gasteiger partial charge in [0.1, 0.15) is 11.7 Å². The number of rotatable bonds is 3. The molecule has 10 heteroatoms. The molecular formula is C20H21FN4O4S. The van der Waals surface area contributed by atoms with Gasteiger partial charge in [-0.3, -0.25) is 9.59 Å². The number of halogens is 1. The molecule has 0 unspecified atom stereocenters. The molecule has 2 amide bonds. The molecule has 3 aliphatic heterocycles. The van der Waals surface area contributed by atoms with Gasteiger partial charge in [0.2, 0.25) is 0 Å². The third-order valence-corrected chi connectivity index (χ3v) is 6.46. The van der Waals surface area contributed by atoms with Gasteiger partial charge in [-0.25, -0.2) is 12.8 Å². The Morgan fingerprint density at radius 2 is 1.77 bits per heavy atom. The highest BCUT2D eigenvalue weighted by Gasteiger charge is 2.29. The maximum absolute atomic E-state index is 13.0. The lowest BCUT2D eigenvalue weighted by Crippen LogP contribution is -2.47. The first-order valence-corrected chi connectivity index (χ1v) is 11.3. The van der Waals surface area contributed by atoms with E-state index in [1.807, 2.05) is 0 Å². The van der Waals surface area contributed by atoms with E-state index in [2.05, 4.69) is 9.71 Å². The fourth-order valence-electron chi connectivity index (χ4n) is 3.61. The Labute approximate surface area is 173 Å². The van der Waals surface area contributed by atoms with Crippen LogP contribution >= 0.6 is 0 Å². The Bertz CT molecular complexity index is 1050. The van der Waals surface area contributed by atoms with Crippen molar-refractivity contribution in [2.45, 2.75) is 18.9 Å². The lowest BCUT2D eigenvalue weighted by molar-refractivity contribution is -0.127. The van der Waals surface area contributed by atoms with Crippen LogP contribution in [0.4, 0.5) is 4.39 Å². The molecule has 0 aliphatic carbocycles. The van der Waals surface area contributed by atoms with Crippen molar-refractivity contribution in [3.63, 3.8) is 0 Å². The molecule has 4 rings (SSSR count). The summed E-state index contributed by atoms with van der Waals surface area (Å²) < 4.78 is 39.9. The van der Waals surface area contributed by atoms with Crippen LogP contribution in [-0.4, -0.2) is 67.3 Å². The number of nitrogens with zero attached hydrogens (tertiary/aromatic N) is 3. The zero-order valence-electron chi connectivity index (χ0n) is 16.1. The van der Waals surface area contributed by atoms with E-state index < -0.39 is 15.8 Å². The van der Waals surface area contributed by atoms with Crippen molar-refractivity contribution in [2.75, 3.05) is 25.4 Å². The summed E-state index contributed by atoms with van der Waals surface area (Å²) in [4.78, 5) is 28.5. The molecule has 30 heavy (non-hydrogen) atoms. The molecule has 8 nitrogen and oxygen atoms in total. The van der Waals surface area contributed by atoms with Gasteiger partial charge in [-0.15, -0.1) is 4.40 Å². The van der Waals surface area contributed by atoms with Crippen molar-refractivity contribution in [3.8, 4) is 0 Å². The number of carbonyl (C=O) groups is 2. The van der Waals surface area contributed by atoms with Crippen molar-refractivity contribution in [1.82, 2.24) is 15.1 Å². The topological polar surface area (TPSA) is 99.1 Å². The molecule has 0 saturated carbocycles. The van der Waals surface area contributed by atoms with Gasteiger partial charge in [-0.1, -0.05) is 0 Å². The summed E-state index contributed by atoms with van der Waals surface area (Å²) in [5.41, 5.74) is 0.871. The smallest absolute Gasteiger partial charge is 0.256 e. The monoisotopic (exact) mass is 432 g/mol. The molecular weight excluding hydrogens is 411 g/mol. The van der Waals surface area contributed by atoms with Crippen LogP contribution in [0.15, 0.2) is 52.6 Å². The molecule has 1 aromatic carbocycles. The lowest BCUT2D eigenvalue weighted by atomic mass is 10.0. The lowest BCUT2D eigenvalue weighted by Gasteiger charge is -2.34. The number of hydrogen-bond acceptors (Lipinski definition) is 5. The molecule has 0 radical (unpaired) electrons. The number of sulfonamides is 1. The Morgan fingerprint density at radius 3 is 2.47 bits per heavy atom. The maximum Gasteiger partial charge on any atom is 0.256 e. The zero-order valence-corrected chi connectivity index (χ0v) is 16.9. The van der Waals surface area contributed by atoms with Crippen molar-refractivity contribution >= 4 is 27.7 Å². The van der Waals surface area contributed by atoms with Crippen LogP contribution in [0.2, 0.25) is 0 Å². The molecule has 0 bridgehead atoms. The summed E-state index contributed by atoms with van der Waals surface area (Å²) >= 11 is 0. The summed E-state index contributed by atoms with van der Waals surface area (Å²) in [6, 6.07) is 5.31. The van der Waals surface area contributed by atoms with Crippen molar-refractivity contribution in [1.29, 1.82) is 0 Å². The van der Waals surface area contributed by atoms with Gasteiger partial charge in [0.15, 0.2) is 0 Å². The van der Waals surface area contributed by atoms with Crippen molar-refractivity contribution in [2.24, 2.45) is 4.40 Å². The van der Waals surface area contributed by atoms with E-state index in [4.69, 9.17) is 0 Å². The molecule has 3 heterocycles. The van der Waals surface area contributed by atoms with Crippen LogP contribution < -0.4 is 5.32 Å². The SMILES string of the molecule is O=C(NC1CCN(C(=O)C2=CN3CCS(=O)(=O)N=C3C=C2)CC1)c1ccc(F)cc1. The normalized spacial score (nSPS) is 20.8. The van der Waals surface area contributed by atoms with E-state index in [9.17, 15) is 22.4 Å². The number of fused-ring (bicyclic) bond motifs is 1. The summed E-state index contributed by atoms with van der Waals surface area (Å²) in [5, 5.41) is 2.93. The molecule has 1 saturated heterocycles. The van der Waals surface area contributed by atoms with Gasteiger partial charge in [-0.05, 0) is 49.3 Å². The van der Waals surface area contributed by atoms with Gasteiger partial charge in [0.25, 0.3) is 21.8 Å². The average molecular weight is 432 g/mol. The number of amides is 2. The van der Waals surface area contributed by atoms with Crippen molar-refractivity contribution < 1.29 is 22.4 Å². The van der Waals surface area contributed by atoms with Crippen LogP contribution in [0.1, 0.15) is 23.2 Å². The second kappa shape index (κ2) is 8.02. The highest BCUT2D eigenvalue weighted by Crippen LogP contribution is 2.20. The number of piperidine rings is 1. The number of carbonyl (C=O) groups excluding carboxylic acids is 2. The summed E-state index contributed by atoms with van der Waals surface area (Å²) in [6.45, 7) is 1.25. The van der Waals surface area contributed by atoms with Crippen LogP contribution in [0.3, 0.4) is 0 Å². The second-order valence-corrected chi connectivity index (χ2v) is 9.15. The van der Waals surface area contributed by atoms with Gasteiger partial charge in [-0.2, -0.15) is 0 Å². The molecule has 1 aromatic rings. The fraction of sp³-hybridized carbons (Fsp3) is 0.350. The van der Waals surface area contributed by atoms with Gasteiger partial charge >= 0.3 is 0 Å². The second-order valence-electron chi connectivity index (χ2n) is 7.39. The third-order valence-electron chi connectivity index (χ3n) is 5.29. The van der Waals surface area contributed by atoms with E-state index in [0.717, 1.165) is 0 Å². The van der Waals surface area contributed by atoms with Crippen molar-refractivity contribution in [3.05, 3.63) is 59.6 Å². The maximum atomic E-state index is 13.0. The molecule has 0 atom stereocenters. The average Bonchev–Trinajstić information content (AvgIpc) is 2.73. The highest BCUT2D eigenvalue weighted by molar-refractivity contribution is 7.90. The number of amidine groups is 1. The Kier molecular flexibility index (Phi) is 5.42. The first-order chi connectivity index (χ1) is 14.3. The quantitative estimate of drug-likeness (QED) is 0.770. The van der Waals surface area contributed by atoms with E-state index in [1.54, 1.807) is 28.2 Å². The van der Waals surface area contributed by atoms with Crippen LogP contribution in [0.5, 0.6) is 0 Å². The van der Waals surface area contributed by atoms with E-state index in [0.29, 0.717) is 42.9 Å². The van der Waals surface area contributed by atoms with Crippen LogP contribution in [0, 0.1) is 5.82 Å². The largest absolute Gasteiger partial charge is 0.349 e. The number of nitrogens with one attached hydrogen (secondary N) is 1. The minimum absolute atomic E-state index is 0.0616. The minimum Gasteiger partial charge on any atom is -0.349 e. The molecule has 0 spiro atoms. The minimum atomic E-state index is -3.43. The first kappa shape index (κ1) is 20.3. The summed E-state index contributed by atoms with van der Waals surface area (Å²) in [5.74, 6) is -0.554. The summed E-state index contributed by atoms with van der Waals surface area (Å²) in [6.07, 6.45) is 5.99. The molecule has 3 aliphatic rings. The standard InChI is InChI=1S/C20H21FN4O4S/c21-16-4-1-14(2-5-16)19(26)22-17-7-9-24(10-8-17)20(27)15-3-6-18-23-30(28,29)12-11-25(18)13-15/h1-6,13,17H,7-12H2,(H,22,26). The summed E-state index contributed by atoms with van der Waals surface area (Å²) in [7, 11) is -3.43. The zero-order chi connectivity index (χ0) is 21.3. The number of likely N-dealkylation sites (tertiary alicyclic amines) is 1. The Balaban J connectivity index is 1.33. The van der Waals surface area contributed by atoms with E-state index >= 15 is 0 Å². The predicted molar refractivity (Wildman–Crippen MR) is 109 cm³/mol. The fourth-order valence-corrected chi connectivity index (χ4v) is 4.58. The van der Waals surface area contributed by atoms with Crippen LogP contribution in [-0.2, 0) is 14.8 Å². The van der Waals surface area contributed by atoms with E-state index in [-0.39, 0.29) is 30.2 Å². The first-order valence-electron chi connectivity index (χ1n) is 9.66. The van der Waals surface area contributed by atoms with Gasteiger partial charge in [0, 0.05) is 37.4 Å². The molecule has 0 aromatic heterocycles. The number of hydrogen-bond donors (Lipinski definition) is 1. The molecule has 1 N–H and O–H groups in total. The molecule has 158 valence electrons. The van der Waals surface area contributed by atoms with Crippen LogP contribution in [0.25, 0.3) is 0 Å². The van der Waals surface area contributed by atoms with Gasteiger partial charge in [0.05, 0.1) is 11.3 Å². The van der Waals surface area contributed by atoms with E-state index in [1.165, 1.54) is 24.3 Å². The third kappa shape index (κ3) is 4.43. The number of benzene rings is 1. The van der Waals surface area contributed by atoms with Gasteiger partial charge < -0.3 is 15.1 Å². The predicted octanol–water partition coefficient (Wildman–Crippen LogP) is 1.04. The highest BCUT2D eigenvalue weighted by atomic mass is 32.2.